The van der Waals surface area contributed by atoms with Crippen LogP contribution >= 0.6 is 0 Å². The van der Waals surface area contributed by atoms with Gasteiger partial charge < -0.3 is 25.1 Å². The van der Waals surface area contributed by atoms with E-state index in [0.29, 0.717) is 30.1 Å². The number of aliphatic hydroxyl groups is 1. The van der Waals surface area contributed by atoms with E-state index in [0.717, 1.165) is 6.42 Å². The first kappa shape index (κ1) is 22.2. The smallest absolute Gasteiger partial charge is 0.240 e. The third-order valence-electron chi connectivity index (χ3n) is 5.68. The molecule has 1 saturated heterocycles. The highest BCUT2D eigenvalue weighted by Gasteiger charge is 2.65. The van der Waals surface area contributed by atoms with Crippen molar-refractivity contribution in [2.45, 2.75) is 37.3 Å². The monoisotopic (exact) mass is 414 g/mol. The Bertz CT molecular complexity index is 914. The van der Waals surface area contributed by atoms with Crippen molar-refractivity contribution in [1.82, 2.24) is 14.6 Å². The molecule has 1 fully saturated rings. The predicted octanol–water partition coefficient (Wildman–Crippen LogP) is 2.60. The fraction of sp³-hybridized carbons (Fsp3) is 0.455. The zero-order chi connectivity index (χ0) is 21.8. The molecule has 0 aromatic carbocycles. The van der Waals surface area contributed by atoms with Crippen LogP contribution in [-0.4, -0.2) is 51.2 Å². The summed E-state index contributed by atoms with van der Waals surface area (Å²) in [7, 11) is 0. The summed E-state index contributed by atoms with van der Waals surface area (Å²) < 4.78 is 19.7. The maximum absolute atomic E-state index is 12.0. The zero-order valence-electron chi connectivity index (χ0n) is 17.4. The lowest BCUT2D eigenvalue weighted by molar-refractivity contribution is -0.285. The molecule has 0 bridgehead atoms. The molecular weight excluding hydrogens is 384 g/mol. The molecule has 162 valence electrons. The second-order valence-corrected chi connectivity index (χ2v) is 7.47. The molecule has 8 nitrogen and oxygen atoms in total. The van der Waals surface area contributed by atoms with E-state index < -0.39 is 17.5 Å². The van der Waals surface area contributed by atoms with Crippen LogP contribution in [0.4, 0.5) is 5.82 Å². The summed E-state index contributed by atoms with van der Waals surface area (Å²) in [4.78, 5) is 4.01. The van der Waals surface area contributed by atoms with E-state index >= 15 is 0 Å². The van der Waals surface area contributed by atoms with Gasteiger partial charge in [-0.05, 0) is 31.9 Å². The van der Waals surface area contributed by atoms with Gasteiger partial charge in [0.15, 0.2) is 5.82 Å². The maximum atomic E-state index is 12.0. The number of hydrogen-bond acceptors (Lipinski definition) is 7. The Morgan fingerprint density at radius 1 is 1.27 bits per heavy atom. The number of rotatable bonds is 11. The lowest BCUT2D eigenvalue weighted by Crippen LogP contribution is -2.52. The van der Waals surface area contributed by atoms with E-state index in [1.807, 2.05) is 13.0 Å². The van der Waals surface area contributed by atoms with Gasteiger partial charge in [-0.15, -0.1) is 19.7 Å². The molecule has 0 amide bonds. The Morgan fingerprint density at radius 2 is 2.03 bits per heavy atom. The van der Waals surface area contributed by atoms with E-state index in [1.54, 1.807) is 24.3 Å². The molecule has 2 aromatic heterocycles. The molecule has 3 N–H and O–H groups in total. The van der Waals surface area contributed by atoms with Crippen molar-refractivity contribution in [3.63, 3.8) is 0 Å². The average molecular weight is 415 g/mol. The van der Waals surface area contributed by atoms with Crippen LogP contribution < -0.4 is 5.73 Å². The molecule has 0 spiro atoms. The summed E-state index contributed by atoms with van der Waals surface area (Å²) in [5, 5.41) is 16.3. The minimum atomic E-state index is -1.81. The maximum Gasteiger partial charge on any atom is 0.240 e. The summed E-state index contributed by atoms with van der Waals surface area (Å²) in [6.07, 6.45) is 7.51. The lowest BCUT2D eigenvalue weighted by atomic mass is 9.78. The van der Waals surface area contributed by atoms with Gasteiger partial charge in [-0.3, -0.25) is 0 Å². The van der Waals surface area contributed by atoms with Gasteiger partial charge in [0.2, 0.25) is 5.79 Å². The number of nitrogens with zero attached hydrogens (tertiary/aromatic N) is 3. The number of allylic oxidation sites excluding steroid dienone is 1. The molecular formula is C22H30N4O4. The van der Waals surface area contributed by atoms with Crippen LogP contribution in [0.5, 0.6) is 0 Å². The zero-order valence-corrected chi connectivity index (χ0v) is 17.4. The minimum absolute atomic E-state index is 0.185. The highest BCUT2D eigenvalue weighted by Crippen LogP contribution is 2.52. The number of nitrogen functional groups attached to an aromatic ring is 1. The molecule has 3 heterocycles. The van der Waals surface area contributed by atoms with E-state index in [9.17, 15) is 5.11 Å². The molecule has 1 aliphatic heterocycles. The van der Waals surface area contributed by atoms with Crippen LogP contribution in [0.2, 0.25) is 0 Å². The first-order valence-corrected chi connectivity index (χ1v) is 9.96. The van der Waals surface area contributed by atoms with Crippen molar-refractivity contribution < 1.29 is 19.3 Å². The Morgan fingerprint density at radius 3 is 2.73 bits per heavy atom. The van der Waals surface area contributed by atoms with Gasteiger partial charge in [0.05, 0.1) is 25.9 Å². The molecule has 8 heteroatoms. The largest absolute Gasteiger partial charge is 0.382 e. The molecule has 0 saturated carbocycles. The van der Waals surface area contributed by atoms with Crippen LogP contribution in [0, 0.1) is 5.92 Å². The topological polar surface area (TPSA) is 104 Å². The van der Waals surface area contributed by atoms with Gasteiger partial charge in [0.25, 0.3) is 0 Å². The molecule has 1 aliphatic rings. The Hall–Kier alpha value is -2.52. The molecule has 4 atom stereocenters. The van der Waals surface area contributed by atoms with Crippen LogP contribution in [0.3, 0.4) is 0 Å². The Kier molecular flexibility index (Phi) is 6.72. The molecule has 2 aromatic rings. The minimum Gasteiger partial charge on any atom is -0.382 e. The lowest BCUT2D eigenvalue weighted by Gasteiger charge is -2.40. The average Bonchev–Trinajstić information content (AvgIpc) is 3.25. The fourth-order valence-corrected chi connectivity index (χ4v) is 4.16. The standard InChI is InChI=1S/C22H30N4O4/c1-5-8-9-16-18(14-28-12-6-2)30-22(27,21(16,4)29-13-7-3)19-11-10-17-20(23)24-15-25-26(17)19/h5-7,10-11,15-16,18,27H,1-3,8-9,12-14H2,4H3,(H2,23,24,25)/t16-,18-,21-,22?/m1/s1. The summed E-state index contributed by atoms with van der Waals surface area (Å²) in [5.74, 6) is -1.69. The van der Waals surface area contributed by atoms with Crippen molar-refractivity contribution in [3.8, 4) is 0 Å². The van der Waals surface area contributed by atoms with E-state index in [-0.39, 0.29) is 19.1 Å². The Labute approximate surface area is 176 Å². The highest BCUT2D eigenvalue weighted by atomic mass is 16.7. The van der Waals surface area contributed by atoms with E-state index in [2.05, 4.69) is 29.8 Å². The third kappa shape index (κ3) is 3.67. The molecule has 0 aliphatic carbocycles. The van der Waals surface area contributed by atoms with Crippen LogP contribution in [0.15, 0.2) is 56.4 Å². The van der Waals surface area contributed by atoms with Gasteiger partial charge in [-0.1, -0.05) is 18.2 Å². The number of aromatic nitrogens is 3. The number of fused-ring (bicyclic) bond motifs is 1. The first-order chi connectivity index (χ1) is 14.4. The predicted molar refractivity (Wildman–Crippen MR) is 115 cm³/mol. The van der Waals surface area contributed by atoms with E-state index in [4.69, 9.17) is 19.9 Å². The van der Waals surface area contributed by atoms with Gasteiger partial charge in [-0.25, -0.2) is 9.50 Å². The van der Waals surface area contributed by atoms with Gasteiger partial charge >= 0.3 is 0 Å². The van der Waals surface area contributed by atoms with Crippen LogP contribution in [0.1, 0.15) is 25.5 Å². The summed E-state index contributed by atoms with van der Waals surface area (Å²) >= 11 is 0. The molecule has 0 radical (unpaired) electrons. The first-order valence-electron chi connectivity index (χ1n) is 9.96. The SMILES string of the molecule is C=CCC[C@@H]1[C@@H](COCC=C)OC(O)(c2ccc3c(N)ncnn23)[C@]1(C)OCC=C. The van der Waals surface area contributed by atoms with Crippen molar-refractivity contribution in [1.29, 1.82) is 0 Å². The molecule has 30 heavy (non-hydrogen) atoms. The van der Waals surface area contributed by atoms with Crippen molar-refractivity contribution in [3.05, 3.63) is 62.1 Å². The highest BCUT2D eigenvalue weighted by molar-refractivity contribution is 5.65. The van der Waals surface area contributed by atoms with Gasteiger partial charge in [0, 0.05) is 5.92 Å². The van der Waals surface area contributed by atoms with Crippen molar-refractivity contribution in [2.24, 2.45) is 5.92 Å². The number of anilines is 1. The summed E-state index contributed by atoms with van der Waals surface area (Å²) in [6.45, 7) is 14.0. The molecule has 1 unspecified atom stereocenters. The van der Waals surface area contributed by atoms with Crippen molar-refractivity contribution in [2.75, 3.05) is 25.6 Å². The summed E-state index contributed by atoms with van der Waals surface area (Å²) in [6, 6.07) is 3.48. The van der Waals surface area contributed by atoms with Gasteiger partial charge in [-0.2, -0.15) is 5.10 Å². The number of nitrogens with two attached hydrogens (primary N) is 1. The second-order valence-electron chi connectivity index (χ2n) is 7.47. The quantitative estimate of drug-likeness (QED) is 0.430. The Balaban J connectivity index is 2.10. The van der Waals surface area contributed by atoms with Crippen LogP contribution in [-0.2, 0) is 20.0 Å². The number of hydrogen-bond donors (Lipinski definition) is 2. The van der Waals surface area contributed by atoms with Crippen molar-refractivity contribution >= 4 is 11.3 Å². The van der Waals surface area contributed by atoms with Gasteiger partial charge in [0.1, 0.15) is 23.1 Å². The summed E-state index contributed by atoms with van der Waals surface area (Å²) in [5.41, 5.74) is 5.85. The normalized spacial score (nSPS) is 28.6. The fourth-order valence-electron chi connectivity index (χ4n) is 4.16. The number of ether oxygens (including phenoxy) is 3. The van der Waals surface area contributed by atoms with Crippen LogP contribution in [0.25, 0.3) is 5.52 Å². The van der Waals surface area contributed by atoms with E-state index in [1.165, 1.54) is 10.8 Å². The third-order valence-corrected chi connectivity index (χ3v) is 5.68. The second kappa shape index (κ2) is 9.09. The molecule has 3 rings (SSSR count).